The van der Waals surface area contributed by atoms with Crippen LogP contribution in [-0.2, 0) is 6.54 Å². The molecule has 0 fully saturated rings. The molecular weight excluding hydrogens is 224 g/mol. The van der Waals surface area contributed by atoms with Gasteiger partial charge in [-0.1, -0.05) is 31.9 Å². The van der Waals surface area contributed by atoms with Gasteiger partial charge in [0.1, 0.15) is 12.4 Å². The van der Waals surface area contributed by atoms with Gasteiger partial charge in [0.15, 0.2) is 0 Å². The van der Waals surface area contributed by atoms with Crippen molar-refractivity contribution in [2.45, 2.75) is 32.7 Å². The molecule has 18 heavy (non-hydrogen) atoms. The van der Waals surface area contributed by atoms with Gasteiger partial charge in [0.25, 0.3) is 0 Å². The van der Waals surface area contributed by atoms with E-state index >= 15 is 0 Å². The van der Waals surface area contributed by atoms with E-state index < -0.39 is 0 Å². The van der Waals surface area contributed by atoms with Crippen molar-refractivity contribution < 1.29 is 4.74 Å². The second-order valence-corrected chi connectivity index (χ2v) is 4.71. The summed E-state index contributed by atoms with van der Waals surface area (Å²) in [5.41, 5.74) is 6.69. The van der Waals surface area contributed by atoms with Crippen LogP contribution in [0.4, 0.5) is 0 Å². The van der Waals surface area contributed by atoms with Crippen LogP contribution in [0.1, 0.15) is 31.7 Å². The molecule has 102 valence electrons. The average molecular weight is 250 g/mol. The Morgan fingerprint density at radius 1 is 1.11 bits per heavy atom. The van der Waals surface area contributed by atoms with Crippen molar-refractivity contribution in [2.75, 3.05) is 26.7 Å². The van der Waals surface area contributed by atoms with Gasteiger partial charge in [-0.05, 0) is 37.7 Å². The van der Waals surface area contributed by atoms with Gasteiger partial charge >= 0.3 is 0 Å². The summed E-state index contributed by atoms with van der Waals surface area (Å²) in [6.45, 7) is 5.69. The van der Waals surface area contributed by atoms with Crippen LogP contribution in [0.15, 0.2) is 24.3 Å². The number of rotatable bonds is 9. The highest BCUT2D eigenvalue weighted by Gasteiger charge is 1.99. The van der Waals surface area contributed by atoms with Gasteiger partial charge < -0.3 is 15.4 Å². The highest BCUT2D eigenvalue weighted by molar-refractivity contribution is 5.27. The molecule has 1 aromatic rings. The van der Waals surface area contributed by atoms with Crippen molar-refractivity contribution in [1.82, 2.24) is 4.90 Å². The van der Waals surface area contributed by atoms with Crippen LogP contribution in [0, 0.1) is 0 Å². The van der Waals surface area contributed by atoms with E-state index in [0.717, 1.165) is 31.0 Å². The molecule has 0 radical (unpaired) electrons. The average Bonchev–Trinajstić information content (AvgIpc) is 2.40. The molecule has 2 N–H and O–H groups in total. The molecule has 0 aliphatic rings. The van der Waals surface area contributed by atoms with Gasteiger partial charge in [0, 0.05) is 13.1 Å². The Morgan fingerprint density at radius 2 is 1.83 bits per heavy atom. The molecule has 0 aromatic heterocycles. The van der Waals surface area contributed by atoms with Crippen molar-refractivity contribution >= 4 is 0 Å². The molecule has 0 heterocycles. The quantitative estimate of drug-likeness (QED) is 0.685. The molecule has 0 saturated heterocycles. The van der Waals surface area contributed by atoms with Crippen LogP contribution >= 0.6 is 0 Å². The van der Waals surface area contributed by atoms with Crippen LogP contribution in [0.3, 0.4) is 0 Å². The van der Waals surface area contributed by atoms with Gasteiger partial charge in [0.05, 0.1) is 0 Å². The number of ether oxygens (including phenoxy) is 1. The van der Waals surface area contributed by atoms with Gasteiger partial charge in [-0.2, -0.15) is 0 Å². The van der Waals surface area contributed by atoms with E-state index in [-0.39, 0.29) is 0 Å². The Labute approximate surface area is 111 Å². The maximum atomic E-state index is 5.70. The first-order valence-corrected chi connectivity index (χ1v) is 6.86. The SMILES string of the molecule is CCCCCN(C)CCOc1ccc(CN)cc1. The first kappa shape index (κ1) is 15.0. The minimum atomic E-state index is 0.584. The summed E-state index contributed by atoms with van der Waals surface area (Å²) in [5.74, 6) is 0.925. The molecule has 0 aliphatic heterocycles. The maximum absolute atomic E-state index is 5.70. The third-order valence-electron chi connectivity index (χ3n) is 3.04. The summed E-state index contributed by atoms with van der Waals surface area (Å²) in [4.78, 5) is 2.32. The van der Waals surface area contributed by atoms with Crippen LogP contribution in [0.5, 0.6) is 5.75 Å². The Balaban J connectivity index is 2.16. The van der Waals surface area contributed by atoms with E-state index in [9.17, 15) is 0 Å². The van der Waals surface area contributed by atoms with E-state index in [2.05, 4.69) is 18.9 Å². The molecule has 0 aliphatic carbocycles. The fraction of sp³-hybridized carbons (Fsp3) is 0.600. The molecule has 3 nitrogen and oxygen atoms in total. The highest BCUT2D eigenvalue weighted by Crippen LogP contribution is 2.11. The van der Waals surface area contributed by atoms with Gasteiger partial charge in [0.2, 0.25) is 0 Å². The van der Waals surface area contributed by atoms with E-state index in [1.807, 2.05) is 24.3 Å². The Morgan fingerprint density at radius 3 is 2.44 bits per heavy atom. The van der Waals surface area contributed by atoms with E-state index in [0.29, 0.717) is 6.54 Å². The third kappa shape index (κ3) is 6.03. The monoisotopic (exact) mass is 250 g/mol. The molecule has 0 saturated carbocycles. The number of unbranched alkanes of at least 4 members (excludes halogenated alkanes) is 2. The molecule has 1 aromatic carbocycles. The van der Waals surface area contributed by atoms with E-state index in [4.69, 9.17) is 10.5 Å². The molecule has 0 unspecified atom stereocenters. The van der Waals surface area contributed by atoms with Gasteiger partial charge in [-0.15, -0.1) is 0 Å². The maximum Gasteiger partial charge on any atom is 0.119 e. The normalized spacial score (nSPS) is 10.9. The van der Waals surface area contributed by atoms with E-state index in [1.54, 1.807) is 0 Å². The largest absolute Gasteiger partial charge is 0.492 e. The number of hydrogen-bond acceptors (Lipinski definition) is 3. The minimum absolute atomic E-state index is 0.584. The lowest BCUT2D eigenvalue weighted by molar-refractivity contribution is 0.235. The molecule has 0 bridgehead atoms. The molecule has 1 rings (SSSR count). The van der Waals surface area contributed by atoms with Crippen LogP contribution < -0.4 is 10.5 Å². The first-order valence-electron chi connectivity index (χ1n) is 6.86. The van der Waals surface area contributed by atoms with Crippen LogP contribution in [0.25, 0.3) is 0 Å². The van der Waals surface area contributed by atoms with Gasteiger partial charge in [-0.25, -0.2) is 0 Å². The summed E-state index contributed by atoms with van der Waals surface area (Å²) in [6, 6.07) is 8.00. The van der Waals surface area contributed by atoms with Crippen LogP contribution in [-0.4, -0.2) is 31.6 Å². The Bertz CT molecular complexity index is 311. The summed E-state index contributed by atoms with van der Waals surface area (Å²) in [6.07, 6.45) is 3.86. The van der Waals surface area contributed by atoms with Crippen molar-refractivity contribution in [1.29, 1.82) is 0 Å². The number of nitrogens with two attached hydrogens (primary N) is 1. The zero-order valence-electron chi connectivity index (χ0n) is 11.7. The first-order chi connectivity index (χ1) is 8.76. The highest BCUT2D eigenvalue weighted by atomic mass is 16.5. The van der Waals surface area contributed by atoms with Crippen LogP contribution in [0.2, 0.25) is 0 Å². The topological polar surface area (TPSA) is 38.5 Å². The fourth-order valence-electron chi connectivity index (χ4n) is 1.78. The molecule has 3 heteroatoms. The van der Waals surface area contributed by atoms with Crippen molar-refractivity contribution in [3.05, 3.63) is 29.8 Å². The summed E-state index contributed by atoms with van der Waals surface area (Å²) < 4.78 is 5.70. The number of benzene rings is 1. The lowest BCUT2D eigenvalue weighted by Gasteiger charge is -2.16. The fourth-order valence-corrected chi connectivity index (χ4v) is 1.78. The zero-order chi connectivity index (χ0) is 13.2. The van der Waals surface area contributed by atoms with Crippen molar-refractivity contribution in [3.8, 4) is 5.75 Å². The lowest BCUT2D eigenvalue weighted by atomic mass is 10.2. The van der Waals surface area contributed by atoms with Crippen molar-refractivity contribution in [3.63, 3.8) is 0 Å². The Kier molecular flexibility index (Phi) is 7.46. The molecule has 0 atom stereocenters. The lowest BCUT2D eigenvalue weighted by Crippen LogP contribution is -2.25. The Hall–Kier alpha value is -1.06. The third-order valence-corrected chi connectivity index (χ3v) is 3.04. The zero-order valence-corrected chi connectivity index (χ0v) is 11.7. The molecular formula is C15H26N2O. The van der Waals surface area contributed by atoms with Gasteiger partial charge in [-0.3, -0.25) is 0 Å². The number of nitrogens with zero attached hydrogens (tertiary/aromatic N) is 1. The summed E-state index contributed by atoms with van der Waals surface area (Å²) >= 11 is 0. The second kappa shape index (κ2) is 8.95. The molecule has 0 spiro atoms. The summed E-state index contributed by atoms with van der Waals surface area (Å²) in [7, 11) is 2.15. The standard InChI is InChI=1S/C15H26N2O/c1-3-4-5-10-17(2)11-12-18-15-8-6-14(13-16)7-9-15/h6-9H,3-5,10-13,16H2,1-2H3. The second-order valence-electron chi connectivity index (χ2n) is 4.71. The number of hydrogen-bond donors (Lipinski definition) is 1. The molecule has 0 amide bonds. The van der Waals surface area contributed by atoms with E-state index in [1.165, 1.54) is 19.3 Å². The minimum Gasteiger partial charge on any atom is -0.492 e. The summed E-state index contributed by atoms with van der Waals surface area (Å²) in [5, 5.41) is 0. The predicted molar refractivity (Wildman–Crippen MR) is 76.9 cm³/mol. The predicted octanol–water partition coefficient (Wildman–Crippen LogP) is 2.65. The smallest absolute Gasteiger partial charge is 0.119 e. The van der Waals surface area contributed by atoms with Crippen molar-refractivity contribution in [2.24, 2.45) is 5.73 Å². The number of likely N-dealkylation sites (N-methyl/N-ethyl adjacent to an activating group) is 1.